The molecule has 0 aliphatic heterocycles. The van der Waals surface area contributed by atoms with Crippen molar-refractivity contribution < 1.29 is 23.5 Å². The number of halogens is 2. The van der Waals surface area contributed by atoms with Crippen LogP contribution in [0.5, 0.6) is 0 Å². The molecule has 1 aromatic rings. The van der Waals surface area contributed by atoms with Crippen molar-refractivity contribution in [3.63, 3.8) is 0 Å². The maximum absolute atomic E-state index is 13.1. The number of rotatable bonds is 4. The van der Waals surface area contributed by atoms with Gasteiger partial charge in [0, 0.05) is 35.7 Å². The van der Waals surface area contributed by atoms with Crippen molar-refractivity contribution in [3.05, 3.63) is 21.9 Å². The molecule has 2 atom stereocenters. The highest BCUT2D eigenvalue weighted by Gasteiger charge is 2.41. The van der Waals surface area contributed by atoms with E-state index < -0.39 is 12.0 Å². The summed E-state index contributed by atoms with van der Waals surface area (Å²) in [5.74, 6) is -2.71. The second-order valence-corrected chi connectivity index (χ2v) is 7.32. The first-order chi connectivity index (χ1) is 10.8. The first-order valence-electron chi connectivity index (χ1n) is 7.62. The molecular formula is C15H18F2N2O3S. The number of carbonyl (C=O) groups is 2. The highest BCUT2D eigenvalue weighted by Crippen LogP contribution is 2.43. The molecule has 2 aliphatic carbocycles. The summed E-state index contributed by atoms with van der Waals surface area (Å²) in [6.45, 7) is 0. The van der Waals surface area contributed by atoms with Gasteiger partial charge < -0.3 is 15.7 Å². The summed E-state index contributed by atoms with van der Waals surface area (Å²) in [5.41, 5.74) is 0. The van der Waals surface area contributed by atoms with Crippen molar-refractivity contribution in [1.29, 1.82) is 0 Å². The van der Waals surface area contributed by atoms with E-state index in [1.54, 1.807) is 6.07 Å². The van der Waals surface area contributed by atoms with Crippen molar-refractivity contribution in [2.24, 2.45) is 0 Å². The molecule has 23 heavy (non-hydrogen) atoms. The van der Waals surface area contributed by atoms with Crippen LogP contribution in [0.25, 0.3) is 0 Å². The minimum atomic E-state index is -2.60. The summed E-state index contributed by atoms with van der Waals surface area (Å²) in [5, 5.41) is 13.9. The zero-order valence-corrected chi connectivity index (χ0v) is 13.2. The fourth-order valence-corrected chi connectivity index (χ4v) is 4.03. The minimum Gasteiger partial charge on any atom is -0.465 e. The van der Waals surface area contributed by atoms with Crippen LogP contribution in [0.4, 0.5) is 13.6 Å². The molecule has 2 aliphatic rings. The average molecular weight is 344 g/mol. The number of amides is 2. The van der Waals surface area contributed by atoms with Gasteiger partial charge in [-0.25, -0.2) is 13.6 Å². The molecule has 3 rings (SSSR count). The van der Waals surface area contributed by atoms with E-state index in [2.05, 4.69) is 10.6 Å². The minimum absolute atomic E-state index is 0.0809. The summed E-state index contributed by atoms with van der Waals surface area (Å²) in [6.07, 6.45) is -0.0719. The van der Waals surface area contributed by atoms with E-state index in [0.29, 0.717) is 17.7 Å². The van der Waals surface area contributed by atoms with Crippen LogP contribution < -0.4 is 10.6 Å². The van der Waals surface area contributed by atoms with E-state index in [4.69, 9.17) is 5.11 Å². The predicted molar refractivity (Wildman–Crippen MR) is 81.3 cm³/mol. The number of hydrogen-bond acceptors (Lipinski definition) is 3. The third-order valence-electron chi connectivity index (χ3n) is 4.37. The molecule has 0 spiro atoms. The third-order valence-corrected chi connectivity index (χ3v) is 5.58. The van der Waals surface area contributed by atoms with E-state index in [9.17, 15) is 18.4 Å². The van der Waals surface area contributed by atoms with Crippen LogP contribution in [0.15, 0.2) is 12.1 Å². The smallest absolute Gasteiger partial charge is 0.404 e. The topological polar surface area (TPSA) is 78.4 Å². The fraction of sp³-hybridized carbons (Fsp3) is 0.600. The van der Waals surface area contributed by atoms with Crippen molar-refractivity contribution in [3.8, 4) is 0 Å². The van der Waals surface area contributed by atoms with Crippen molar-refractivity contribution >= 4 is 23.3 Å². The predicted octanol–water partition coefficient (Wildman–Crippen LogP) is 3.18. The Morgan fingerprint density at radius 1 is 1.22 bits per heavy atom. The van der Waals surface area contributed by atoms with Gasteiger partial charge in [0.25, 0.3) is 5.91 Å². The molecule has 1 aromatic heterocycles. The van der Waals surface area contributed by atoms with Gasteiger partial charge in [-0.2, -0.15) is 0 Å². The highest BCUT2D eigenvalue weighted by molar-refractivity contribution is 7.14. The Balaban J connectivity index is 1.52. The molecule has 0 aromatic carbocycles. The summed E-state index contributed by atoms with van der Waals surface area (Å²) in [7, 11) is 0. The van der Waals surface area contributed by atoms with Crippen LogP contribution in [-0.4, -0.2) is 35.1 Å². The van der Waals surface area contributed by atoms with E-state index >= 15 is 0 Å². The number of carbonyl (C=O) groups excluding carboxylic acids is 1. The van der Waals surface area contributed by atoms with Crippen molar-refractivity contribution in [2.75, 3.05) is 0 Å². The lowest BCUT2D eigenvalue weighted by molar-refractivity contribution is -0.0399. The number of thiophene rings is 1. The van der Waals surface area contributed by atoms with E-state index in [-0.39, 0.29) is 36.8 Å². The summed E-state index contributed by atoms with van der Waals surface area (Å²) in [6, 6.07) is 3.27. The largest absolute Gasteiger partial charge is 0.465 e. The highest BCUT2D eigenvalue weighted by atomic mass is 32.1. The lowest BCUT2D eigenvalue weighted by Gasteiger charge is -2.28. The zero-order valence-electron chi connectivity index (χ0n) is 12.4. The molecule has 2 fully saturated rings. The number of alkyl halides is 2. The molecular weight excluding hydrogens is 326 g/mol. The van der Waals surface area contributed by atoms with Gasteiger partial charge in [0.15, 0.2) is 0 Å². The van der Waals surface area contributed by atoms with Crippen LogP contribution in [0.3, 0.4) is 0 Å². The molecule has 2 saturated carbocycles. The van der Waals surface area contributed by atoms with Crippen LogP contribution in [0, 0.1) is 0 Å². The fourth-order valence-electron chi connectivity index (χ4n) is 2.94. The molecule has 0 unspecified atom stereocenters. The van der Waals surface area contributed by atoms with Crippen LogP contribution in [0.2, 0.25) is 0 Å². The molecule has 3 N–H and O–H groups in total. The molecule has 0 bridgehead atoms. The number of hydrogen-bond donors (Lipinski definition) is 3. The maximum atomic E-state index is 13.1. The number of carboxylic acid groups (broad SMARTS) is 1. The molecule has 0 radical (unpaired) electrons. The van der Waals surface area contributed by atoms with E-state index in [1.807, 2.05) is 6.07 Å². The Morgan fingerprint density at radius 3 is 2.57 bits per heavy atom. The molecule has 0 saturated heterocycles. The number of nitrogens with one attached hydrogen (secondary N) is 2. The standard InChI is InChI=1S/C15H18F2N2O3S/c16-15(17)5-3-8(4-6-15)18-13(20)12-2-1-11(23-12)9-7-10(9)19-14(21)22/h1-2,8-10,19H,3-7H2,(H,18,20)(H,21,22)/t9-,10-/m1/s1. The van der Waals surface area contributed by atoms with E-state index in [1.165, 1.54) is 11.3 Å². The van der Waals surface area contributed by atoms with Gasteiger partial charge >= 0.3 is 6.09 Å². The zero-order chi connectivity index (χ0) is 16.6. The van der Waals surface area contributed by atoms with Gasteiger partial charge in [0.2, 0.25) is 5.92 Å². The first kappa shape index (κ1) is 16.2. The summed E-state index contributed by atoms with van der Waals surface area (Å²) >= 11 is 1.34. The van der Waals surface area contributed by atoms with Crippen LogP contribution in [-0.2, 0) is 0 Å². The second kappa shape index (κ2) is 6.07. The Labute approximate surface area is 136 Å². The molecule has 126 valence electrons. The quantitative estimate of drug-likeness (QED) is 0.785. The summed E-state index contributed by atoms with van der Waals surface area (Å²) < 4.78 is 26.2. The van der Waals surface area contributed by atoms with Gasteiger partial charge in [-0.15, -0.1) is 11.3 Å². The Morgan fingerprint density at radius 2 is 1.91 bits per heavy atom. The monoisotopic (exact) mass is 344 g/mol. The Kier molecular flexibility index (Phi) is 4.27. The van der Waals surface area contributed by atoms with Gasteiger partial charge in [-0.05, 0) is 31.4 Å². The summed E-state index contributed by atoms with van der Waals surface area (Å²) in [4.78, 5) is 24.3. The van der Waals surface area contributed by atoms with Gasteiger partial charge in [0.05, 0.1) is 4.88 Å². The molecule has 1 heterocycles. The van der Waals surface area contributed by atoms with Crippen molar-refractivity contribution in [1.82, 2.24) is 10.6 Å². The normalized spacial score (nSPS) is 26.5. The van der Waals surface area contributed by atoms with Crippen LogP contribution in [0.1, 0.15) is 52.6 Å². The van der Waals surface area contributed by atoms with Gasteiger partial charge in [-0.1, -0.05) is 0 Å². The van der Waals surface area contributed by atoms with Crippen LogP contribution >= 0.6 is 11.3 Å². The molecule has 8 heteroatoms. The van der Waals surface area contributed by atoms with Gasteiger partial charge in [0.1, 0.15) is 0 Å². The Bertz CT molecular complexity index is 610. The second-order valence-electron chi connectivity index (χ2n) is 6.20. The lowest BCUT2D eigenvalue weighted by atomic mass is 9.92. The van der Waals surface area contributed by atoms with E-state index in [0.717, 1.165) is 11.3 Å². The molecule has 5 nitrogen and oxygen atoms in total. The lowest BCUT2D eigenvalue weighted by Crippen LogP contribution is -2.40. The SMILES string of the molecule is O=C(O)N[C@@H]1C[C@H]1c1ccc(C(=O)NC2CCC(F)(F)CC2)s1. The van der Waals surface area contributed by atoms with Crippen molar-refractivity contribution in [2.45, 2.75) is 56.0 Å². The third kappa shape index (κ3) is 3.99. The maximum Gasteiger partial charge on any atom is 0.404 e. The first-order valence-corrected chi connectivity index (χ1v) is 8.43. The Hall–Kier alpha value is -1.70. The van der Waals surface area contributed by atoms with Gasteiger partial charge in [-0.3, -0.25) is 4.79 Å². The average Bonchev–Trinajstić information content (AvgIpc) is 3.04. The molecule has 2 amide bonds.